The van der Waals surface area contributed by atoms with Gasteiger partial charge in [-0.25, -0.2) is 0 Å². The number of hydrogen-bond acceptors (Lipinski definition) is 1. The highest BCUT2D eigenvalue weighted by Gasteiger charge is 2.50. The van der Waals surface area contributed by atoms with Crippen molar-refractivity contribution in [3.05, 3.63) is 70.8 Å². The number of fused-ring (bicyclic) bond motifs is 1. The minimum absolute atomic E-state index is 0.307. The summed E-state index contributed by atoms with van der Waals surface area (Å²) in [5.41, 5.74) is 5.13. The zero-order valence-corrected chi connectivity index (χ0v) is 14.6. The molecule has 2 aromatic rings. The average Bonchev–Trinajstić information content (AvgIpc) is 2.66. The Labute approximate surface area is 139 Å². The molecule has 2 aromatic carbocycles. The Kier molecular flexibility index (Phi) is 3.55. The summed E-state index contributed by atoms with van der Waals surface area (Å²) in [6.07, 6.45) is 2.19. The maximum Gasteiger partial charge on any atom is 0.152 e. The lowest BCUT2D eigenvalue weighted by atomic mass is 9.80. The van der Waals surface area contributed by atoms with E-state index in [0.717, 1.165) is 0 Å². The van der Waals surface area contributed by atoms with Crippen LogP contribution in [0.25, 0.3) is 11.6 Å². The number of Topliss-reactive ketones (excluding diaryl/α,β-unsaturated/α-hetero) is 1. The molecule has 1 aliphatic rings. The van der Waals surface area contributed by atoms with Crippen LogP contribution < -0.4 is 0 Å². The Balaban J connectivity index is 2.08. The molecule has 0 N–H and O–H groups in total. The first-order chi connectivity index (χ1) is 10.7. The molecule has 0 spiro atoms. The van der Waals surface area contributed by atoms with E-state index in [1.165, 1.54) is 27.8 Å². The summed E-state index contributed by atoms with van der Waals surface area (Å²) < 4.78 is 0. The second-order valence-electron chi connectivity index (χ2n) is 7.58. The third-order valence-electron chi connectivity index (χ3n) is 5.14. The Morgan fingerprint density at radius 1 is 0.870 bits per heavy atom. The maximum atomic E-state index is 12.8. The van der Waals surface area contributed by atoms with Gasteiger partial charge in [0.05, 0.1) is 0 Å². The van der Waals surface area contributed by atoms with Gasteiger partial charge in [-0.2, -0.15) is 0 Å². The van der Waals surface area contributed by atoms with Crippen molar-refractivity contribution >= 4 is 17.4 Å². The highest BCUT2D eigenvalue weighted by atomic mass is 16.1. The van der Waals surface area contributed by atoms with Crippen molar-refractivity contribution in [3.8, 4) is 0 Å². The summed E-state index contributed by atoms with van der Waals surface area (Å²) in [4.78, 5) is 12.8. The van der Waals surface area contributed by atoms with Gasteiger partial charge in [0.1, 0.15) is 0 Å². The van der Waals surface area contributed by atoms with Crippen molar-refractivity contribution < 1.29 is 4.79 Å². The molecule has 1 aliphatic carbocycles. The number of ketones is 1. The van der Waals surface area contributed by atoms with E-state index in [1.807, 2.05) is 45.9 Å². The molecule has 0 aliphatic heterocycles. The minimum Gasteiger partial charge on any atom is -0.298 e. The monoisotopic (exact) mass is 304 g/mol. The molecule has 1 nitrogen and oxygen atoms in total. The van der Waals surface area contributed by atoms with Crippen LogP contribution in [0.2, 0.25) is 0 Å². The second kappa shape index (κ2) is 5.19. The van der Waals surface area contributed by atoms with E-state index in [9.17, 15) is 4.79 Å². The van der Waals surface area contributed by atoms with E-state index in [-0.39, 0.29) is 0 Å². The summed E-state index contributed by atoms with van der Waals surface area (Å²) in [5.74, 6) is 0.307. The van der Waals surface area contributed by atoms with Gasteiger partial charge in [0.2, 0.25) is 0 Å². The van der Waals surface area contributed by atoms with Crippen molar-refractivity contribution in [2.45, 2.75) is 45.4 Å². The third-order valence-corrected chi connectivity index (χ3v) is 5.14. The largest absolute Gasteiger partial charge is 0.298 e. The number of hydrogen-bond donors (Lipinski definition) is 0. The number of carbonyl (C=O) groups is 1. The molecule has 1 heteroatoms. The van der Waals surface area contributed by atoms with Gasteiger partial charge in [0.25, 0.3) is 0 Å². The molecule has 3 rings (SSSR count). The summed E-state index contributed by atoms with van der Waals surface area (Å²) in [7, 11) is 0. The van der Waals surface area contributed by atoms with Gasteiger partial charge < -0.3 is 0 Å². The van der Waals surface area contributed by atoms with Crippen LogP contribution in [0.4, 0.5) is 0 Å². The number of rotatable bonds is 2. The maximum absolute atomic E-state index is 12.8. The lowest BCUT2D eigenvalue weighted by molar-refractivity contribution is -0.126. The fourth-order valence-corrected chi connectivity index (χ4v) is 3.76. The van der Waals surface area contributed by atoms with Crippen LogP contribution in [0.5, 0.6) is 0 Å². The van der Waals surface area contributed by atoms with Crippen LogP contribution in [0.1, 0.15) is 56.9 Å². The summed E-state index contributed by atoms with van der Waals surface area (Å²) in [6, 6.07) is 16.8. The zero-order chi connectivity index (χ0) is 16.8. The SMILES string of the molecule is CC(=Cc1ccccc1)c1ccc2c(c1)C(C)(C)C(=O)C2(C)C. The average molecular weight is 304 g/mol. The van der Waals surface area contributed by atoms with E-state index in [0.29, 0.717) is 5.78 Å². The zero-order valence-electron chi connectivity index (χ0n) is 14.6. The molecule has 0 amide bonds. The quantitative estimate of drug-likeness (QED) is 0.680. The highest BCUT2D eigenvalue weighted by molar-refractivity contribution is 6.03. The molecule has 0 saturated heterocycles. The smallest absolute Gasteiger partial charge is 0.152 e. The predicted molar refractivity (Wildman–Crippen MR) is 97.5 cm³/mol. The standard InChI is InChI=1S/C22H24O/c1-15(13-16-9-7-6-8-10-16)17-11-12-18-19(14-17)22(4,5)20(23)21(18,2)3/h6-14H,1-5H3. The Hall–Kier alpha value is -2.15. The first kappa shape index (κ1) is 15.7. The van der Waals surface area contributed by atoms with E-state index >= 15 is 0 Å². The lowest BCUT2D eigenvalue weighted by Crippen LogP contribution is -2.33. The summed E-state index contributed by atoms with van der Waals surface area (Å²) in [5, 5.41) is 0. The van der Waals surface area contributed by atoms with Crippen molar-refractivity contribution in [1.29, 1.82) is 0 Å². The van der Waals surface area contributed by atoms with Crippen molar-refractivity contribution in [1.82, 2.24) is 0 Å². The lowest BCUT2D eigenvalue weighted by Gasteiger charge is -2.21. The Bertz CT molecular complexity index is 792. The second-order valence-corrected chi connectivity index (χ2v) is 7.58. The fourth-order valence-electron chi connectivity index (χ4n) is 3.76. The molecule has 23 heavy (non-hydrogen) atoms. The molecule has 0 radical (unpaired) electrons. The van der Waals surface area contributed by atoms with Crippen LogP contribution in [0.3, 0.4) is 0 Å². The van der Waals surface area contributed by atoms with E-state index < -0.39 is 10.8 Å². The third kappa shape index (κ3) is 2.45. The van der Waals surface area contributed by atoms with Crippen LogP contribution in [0, 0.1) is 0 Å². The van der Waals surface area contributed by atoms with Crippen molar-refractivity contribution in [2.24, 2.45) is 0 Å². The normalized spacial score (nSPS) is 18.8. The van der Waals surface area contributed by atoms with Crippen LogP contribution >= 0.6 is 0 Å². The molecule has 0 saturated carbocycles. The van der Waals surface area contributed by atoms with Crippen LogP contribution in [-0.2, 0) is 15.6 Å². The molecule has 0 heterocycles. The molecular weight excluding hydrogens is 280 g/mol. The molecule has 0 fully saturated rings. The molecule has 118 valence electrons. The van der Waals surface area contributed by atoms with E-state index in [4.69, 9.17) is 0 Å². The topological polar surface area (TPSA) is 17.1 Å². The fraction of sp³-hybridized carbons (Fsp3) is 0.318. The van der Waals surface area contributed by atoms with Gasteiger partial charge in [-0.3, -0.25) is 4.79 Å². The number of allylic oxidation sites excluding steroid dienone is 1. The first-order valence-electron chi connectivity index (χ1n) is 8.18. The van der Waals surface area contributed by atoms with Crippen LogP contribution in [-0.4, -0.2) is 5.78 Å². The van der Waals surface area contributed by atoms with E-state index in [1.54, 1.807) is 0 Å². The Morgan fingerprint density at radius 2 is 1.48 bits per heavy atom. The minimum atomic E-state index is -0.415. The molecule has 0 atom stereocenters. The molecule has 0 unspecified atom stereocenters. The Morgan fingerprint density at radius 3 is 2.13 bits per heavy atom. The number of carbonyl (C=O) groups excluding carboxylic acids is 1. The summed E-state index contributed by atoms with van der Waals surface area (Å²) in [6.45, 7) is 10.3. The van der Waals surface area contributed by atoms with E-state index in [2.05, 4.69) is 43.3 Å². The summed E-state index contributed by atoms with van der Waals surface area (Å²) >= 11 is 0. The van der Waals surface area contributed by atoms with Gasteiger partial charge in [-0.05, 0) is 62.4 Å². The first-order valence-corrected chi connectivity index (χ1v) is 8.18. The van der Waals surface area contributed by atoms with Crippen molar-refractivity contribution in [2.75, 3.05) is 0 Å². The van der Waals surface area contributed by atoms with Gasteiger partial charge >= 0.3 is 0 Å². The van der Waals surface area contributed by atoms with Crippen molar-refractivity contribution in [3.63, 3.8) is 0 Å². The molecule has 0 bridgehead atoms. The predicted octanol–water partition coefficient (Wildman–Crippen LogP) is 5.39. The van der Waals surface area contributed by atoms with Gasteiger partial charge in [-0.1, -0.05) is 54.6 Å². The number of benzene rings is 2. The molecule has 0 aromatic heterocycles. The van der Waals surface area contributed by atoms with Gasteiger partial charge in [0, 0.05) is 10.8 Å². The highest BCUT2D eigenvalue weighted by Crippen LogP contribution is 2.47. The van der Waals surface area contributed by atoms with Crippen LogP contribution in [0.15, 0.2) is 48.5 Å². The molecular formula is C22H24O. The van der Waals surface area contributed by atoms with Gasteiger partial charge in [-0.15, -0.1) is 0 Å². The van der Waals surface area contributed by atoms with Gasteiger partial charge in [0.15, 0.2) is 5.78 Å².